The molecule has 1 atom stereocenters. The molecule has 1 heterocycles. The second-order valence-corrected chi connectivity index (χ2v) is 4.72. The van der Waals surface area contributed by atoms with Crippen LogP contribution in [0.4, 0.5) is 8.78 Å². The van der Waals surface area contributed by atoms with Crippen LogP contribution < -0.4 is 11.1 Å². The molecular weight excluding hydrogens is 252 g/mol. The summed E-state index contributed by atoms with van der Waals surface area (Å²) in [7, 11) is 0. The van der Waals surface area contributed by atoms with Gasteiger partial charge >= 0.3 is 0 Å². The Morgan fingerprint density at radius 2 is 2.26 bits per heavy atom. The van der Waals surface area contributed by atoms with E-state index in [9.17, 15) is 13.6 Å². The summed E-state index contributed by atoms with van der Waals surface area (Å²) in [4.78, 5) is 13.5. The standard InChI is InChI=1S/C13H17F2N3O/c14-10-1-2-12(15)9(5-10)6-11(16)7-13(19)18-4-3-17-8-18/h1-2,5,11,17H,3-4,6-8,16H2/t11-/m1/s1. The van der Waals surface area contributed by atoms with Crippen LogP contribution in [0.15, 0.2) is 18.2 Å². The molecule has 1 aromatic carbocycles. The molecule has 4 nitrogen and oxygen atoms in total. The molecule has 0 saturated carbocycles. The van der Waals surface area contributed by atoms with Crippen LogP contribution in [0.3, 0.4) is 0 Å². The van der Waals surface area contributed by atoms with E-state index in [0.29, 0.717) is 13.2 Å². The van der Waals surface area contributed by atoms with E-state index in [1.165, 1.54) is 0 Å². The van der Waals surface area contributed by atoms with E-state index in [-0.39, 0.29) is 24.3 Å². The van der Waals surface area contributed by atoms with Crippen LogP contribution in [0, 0.1) is 11.6 Å². The fourth-order valence-electron chi connectivity index (χ4n) is 2.13. The first-order valence-electron chi connectivity index (χ1n) is 6.24. The van der Waals surface area contributed by atoms with Gasteiger partial charge in [-0.15, -0.1) is 0 Å². The number of halogens is 2. The summed E-state index contributed by atoms with van der Waals surface area (Å²) in [5.41, 5.74) is 6.04. The maximum absolute atomic E-state index is 13.4. The Bertz CT molecular complexity index is 461. The lowest BCUT2D eigenvalue weighted by atomic mass is 10.0. The van der Waals surface area contributed by atoms with Crippen molar-refractivity contribution in [2.75, 3.05) is 19.8 Å². The number of amides is 1. The van der Waals surface area contributed by atoms with Crippen molar-refractivity contribution in [1.82, 2.24) is 10.2 Å². The predicted octanol–water partition coefficient (Wildman–Crippen LogP) is 0.614. The second-order valence-electron chi connectivity index (χ2n) is 4.72. The highest BCUT2D eigenvalue weighted by atomic mass is 19.1. The molecule has 1 saturated heterocycles. The van der Waals surface area contributed by atoms with E-state index in [0.717, 1.165) is 24.7 Å². The molecule has 0 bridgehead atoms. The predicted molar refractivity (Wildman–Crippen MR) is 67.2 cm³/mol. The fraction of sp³-hybridized carbons (Fsp3) is 0.462. The molecule has 1 fully saturated rings. The lowest BCUT2D eigenvalue weighted by Crippen LogP contribution is -2.36. The van der Waals surface area contributed by atoms with E-state index >= 15 is 0 Å². The Morgan fingerprint density at radius 3 is 2.95 bits per heavy atom. The third kappa shape index (κ3) is 3.71. The fourth-order valence-corrected chi connectivity index (χ4v) is 2.13. The first kappa shape index (κ1) is 13.9. The quantitative estimate of drug-likeness (QED) is 0.842. The summed E-state index contributed by atoms with van der Waals surface area (Å²) in [6.45, 7) is 1.97. The number of nitrogens with two attached hydrogens (primary N) is 1. The number of hydrogen-bond donors (Lipinski definition) is 2. The van der Waals surface area contributed by atoms with Crippen LogP contribution in [-0.2, 0) is 11.2 Å². The molecule has 19 heavy (non-hydrogen) atoms. The number of nitrogens with one attached hydrogen (secondary N) is 1. The number of benzene rings is 1. The van der Waals surface area contributed by atoms with Gasteiger partial charge in [0.1, 0.15) is 11.6 Å². The van der Waals surface area contributed by atoms with Crippen molar-refractivity contribution in [2.24, 2.45) is 5.73 Å². The maximum Gasteiger partial charge on any atom is 0.225 e. The molecule has 1 amide bonds. The van der Waals surface area contributed by atoms with Gasteiger partial charge in [-0.05, 0) is 30.2 Å². The zero-order valence-corrected chi connectivity index (χ0v) is 10.5. The van der Waals surface area contributed by atoms with Gasteiger partial charge in [0, 0.05) is 25.6 Å². The third-order valence-corrected chi connectivity index (χ3v) is 3.14. The number of rotatable bonds is 4. The highest BCUT2D eigenvalue weighted by molar-refractivity contribution is 5.77. The summed E-state index contributed by atoms with van der Waals surface area (Å²) < 4.78 is 26.5. The van der Waals surface area contributed by atoms with Gasteiger partial charge < -0.3 is 10.6 Å². The van der Waals surface area contributed by atoms with E-state index in [4.69, 9.17) is 5.73 Å². The summed E-state index contributed by atoms with van der Waals surface area (Å²) in [5, 5.41) is 3.05. The van der Waals surface area contributed by atoms with Crippen LogP contribution in [0.2, 0.25) is 0 Å². The number of nitrogens with zero attached hydrogens (tertiary/aromatic N) is 1. The molecule has 0 radical (unpaired) electrons. The lowest BCUT2D eigenvalue weighted by molar-refractivity contribution is -0.130. The minimum atomic E-state index is -0.510. The third-order valence-electron chi connectivity index (χ3n) is 3.14. The van der Waals surface area contributed by atoms with Gasteiger partial charge in [0.2, 0.25) is 5.91 Å². The molecule has 1 aliphatic rings. The summed E-state index contributed by atoms with van der Waals surface area (Å²) >= 11 is 0. The molecule has 3 N–H and O–H groups in total. The average molecular weight is 269 g/mol. The SMILES string of the molecule is N[C@@H](CC(=O)N1CCNC1)Cc1cc(F)ccc1F. The minimum absolute atomic E-state index is 0.0608. The highest BCUT2D eigenvalue weighted by Gasteiger charge is 2.20. The zero-order chi connectivity index (χ0) is 13.8. The van der Waals surface area contributed by atoms with E-state index < -0.39 is 17.7 Å². The minimum Gasteiger partial charge on any atom is -0.329 e. The van der Waals surface area contributed by atoms with Gasteiger partial charge in [0.25, 0.3) is 0 Å². The van der Waals surface area contributed by atoms with Gasteiger partial charge in [-0.1, -0.05) is 0 Å². The Hall–Kier alpha value is -1.53. The Labute approximate surface area is 110 Å². The van der Waals surface area contributed by atoms with Gasteiger partial charge in [-0.25, -0.2) is 8.78 Å². The Balaban J connectivity index is 1.91. The Kier molecular flexibility index (Phi) is 4.44. The largest absolute Gasteiger partial charge is 0.329 e. The van der Waals surface area contributed by atoms with Gasteiger partial charge in [-0.2, -0.15) is 0 Å². The molecule has 6 heteroatoms. The van der Waals surface area contributed by atoms with Crippen molar-refractivity contribution in [1.29, 1.82) is 0 Å². The summed E-state index contributed by atoms with van der Waals surface area (Å²) in [5.74, 6) is -1.06. The average Bonchev–Trinajstić information content (AvgIpc) is 2.87. The van der Waals surface area contributed by atoms with Crippen molar-refractivity contribution in [3.63, 3.8) is 0 Å². The van der Waals surface area contributed by atoms with Crippen molar-refractivity contribution in [3.8, 4) is 0 Å². The normalized spacial score (nSPS) is 16.7. The first-order valence-corrected chi connectivity index (χ1v) is 6.24. The van der Waals surface area contributed by atoms with Gasteiger partial charge in [0.15, 0.2) is 0 Å². The maximum atomic E-state index is 13.4. The lowest BCUT2D eigenvalue weighted by Gasteiger charge is -2.18. The zero-order valence-electron chi connectivity index (χ0n) is 10.5. The second kappa shape index (κ2) is 6.08. The van der Waals surface area contributed by atoms with Crippen LogP contribution >= 0.6 is 0 Å². The van der Waals surface area contributed by atoms with Crippen molar-refractivity contribution in [2.45, 2.75) is 18.9 Å². The number of carbonyl (C=O) groups excluding carboxylic acids is 1. The van der Waals surface area contributed by atoms with Crippen LogP contribution in [0.5, 0.6) is 0 Å². The molecule has 104 valence electrons. The monoisotopic (exact) mass is 269 g/mol. The summed E-state index contributed by atoms with van der Waals surface area (Å²) in [6.07, 6.45) is 0.286. The number of carbonyl (C=O) groups is 1. The molecule has 2 rings (SSSR count). The molecule has 0 unspecified atom stereocenters. The van der Waals surface area contributed by atoms with E-state index in [2.05, 4.69) is 5.32 Å². The highest BCUT2D eigenvalue weighted by Crippen LogP contribution is 2.13. The molecule has 0 aromatic heterocycles. The Morgan fingerprint density at radius 1 is 1.47 bits per heavy atom. The van der Waals surface area contributed by atoms with E-state index in [1.807, 2.05) is 0 Å². The molecule has 1 aliphatic heterocycles. The van der Waals surface area contributed by atoms with Crippen LogP contribution in [0.1, 0.15) is 12.0 Å². The van der Waals surface area contributed by atoms with Gasteiger partial charge in [-0.3, -0.25) is 10.1 Å². The van der Waals surface area contributed by atoms with Crippen molar-refractivity contribution in [3.05, 3.63) is 35.4 Å². The topological polar surface area (TPSA) is 58.4 Å². The smallest absolute Gasteiger partial charge is 0.225 e. The molecular formula is C13H17F2N3O. The first-order chi connectivity index (χ1) is 9.06. The van der Waals surface area contributed by atoms with E-state index in [1.54, 1.807) is 4.90 Å². The van der Waals surface area contributed by atoms with Crippen molar-refractivity contribution < 1.29 is 13.6 Å². The van der Waals surface area contributed by atoms with Crippen molar-refractivity contribution >= 4 is 5.91 Å². The summed E-state index contributed by atoms with van der Waals surface area (Å²) in [6, 6.07) is 2.75. The molecule has 0 aliphatic carbocycles. The number of hydrogen-bond acceptors (Lipinski definition) is 3. The molecule has 1 aromatic rings. The van der Waals surface area contributed by atoms with Gasteiger partial charge in [0.05, 0.1) is 6.67 Å². The van der Waals surface area contributed by atoms with Crippen LogP contribution in [-0.4, -0.2) is 36.6 Å². The molecule has 0 spiro atoms. The van der Waals surface area contributed by atoms with Crippen LogP contribution in [0.25, 0.3) is 0 Å².